The molecule has 3 aromatic heterocycles. The molecule has 3 aromatic rings. The lowest BCUT2D eigenvalue weighted by atomic mass is 9.89. The summed E-state index contributed by atoms with van der Waals surface area (Å²) < 4.78 is 2.30. The molecule has 1 aliphatic carbocycles. The van der Waals surface area contributed by atoms with Gasteiger partial charge >= 0.3 is 0 Å². The number of aromatic nitrogens is 5. The highest BCUT2D eigenvalue weighted by atomic mass is 32.2. The fraction of sp³-hybridized carbons (Fsp3) is 0.556. The summed E-state index contributed by atoms with van der Waals surface area (Å²) in [6.07, 6.45) is 10.0. The van der Waals surface area contributed by atoms with E-state index >= 15 is 0 Å². The first-order valence-electron chi connectivity index (χ1n) is 9.15. The summed E-state index contributed by atoms with van der Waals surface area (Å²) in [5.41, 5.74) is 1.48. The van der Waals surface area contributed by atoms with Crippen molar-refractivity contribution in [2.75, 3.05) is 0 Å². The molecule has 1 aliphatic heterocycles. The normalized spacial score (nSPS) is 20.3. The van der Waals surface area contributed by atoms with Gasteiger partial charge in [-0.25, -0.2) is 9.97 Å². The third kappa shape index (κ3) is 2.77. The Bertz CT molecular complexity index is 929. The van der Waals surface area contributed by atoms with Crippen molar-refractivity contribution in [1.29, 1.82) is 0 Å². The fourth-order valence-electron chi connectivity index (χ4n) is 3.94. The van der Waals surface area contributed by atoms with E-state index in [0.717, 1.165) is 46.1 Å². The quantitative estimate of drug-likeness (QED) is 0.629. The fourth-order valence-corrected chi connectivity index (χ4v) is 6.34. The lowest BCUT2D eigenvalue weighted by Crippen LogP contribution is -2.08. The van der Waals surface area contributed by atoms with E-state index < -0.39 is 0 Å². The van der Waals surface area contributed by atoms with E-state index in [1.807, 2.05) is 11.3 Å². The van der Waals surface area contributed by atoms with Crippen LogP contribution in [0.4, 0.5) is 0 Å². The lowest BCUT2D eigenvalue weighted by Gasteiger charge is -2.18. The van der Waals surface area contributed by atoms with Gasteiger partial charge in [-0.3, -0.25) is 0 Å². The molecule has 7 heteroatoms. The Labute approximate surface area is 155 Å². The van der Waals surface area contributed by atoms with Gasteiger partial charge in [0.05, 0.1) is 0 Å². The smallest absolute Gasteiger partial charge is 0.197 e. The van der Waals surface area contributed by atoms with Gasteiger partial charge in [0, 0.05) is 23.2 Å². The van der Waals surface area contributed by atoms with Crippen LogP contribution in [0.2, 0.25) is 0 Å². The number of rotatable bonds is 2. The van der Waals surface area contributed by atoms with Crippen molar-refractivity contribution in [1.82, 2.24) is 24.7 Å². The average Bonchev–Trinajstić information content (AvgIpc) is 3.07. The molecule has 0 N–H and O–H groups in total. The second-order valence-corrected chi connectivity index (χ2v) is 9.21. The molecule has 5 nitrogen and oxygen atoms in total. The molecular formula is C18H21N5S2. The van der Waals surface area contributed by atoms with Crippen LogP contribution in [0.25, 0.3) is 10.2 Å². The second-order valence-electron chi connectivity index (χ2n) is 7.17. The van der Waals surface area contributed by atoms with Crippen LogP contribution in [0, 0.1) is 5.92 Å². The number of hydrogen-bond donors (Lipinski definition) is 0. The molecule has 2 aliphatic rings. The highest BCUT2D eigenvalue weighted by Crippen LogP contribution is 2.41. The van der Waals surface area contributed by atoms with Crippen molar-refractivity contribution < 1.29 is 0 Å². The molecule has 0 spiro atoms. The zero-order valence-corrected chi connectivity index (χ0v) is 16.0. The third-order valence-corrected chi connectivity index (χ3v) is 7.47. The summed E-state index contributed by atoms with van der Waals surface area (Å²) in [5.74, 6) is 1.91. The lowest BCUT2D eigenvalue weighted by molar-refractivity contribution is 0.509. The minimum atomic E-state index is 0.775. The molecule has 0 amide bonds. The zero-order valence-electron chi connectivity index (χ0n) is 14.4. The Balaban J connectivity index is 1.57. The molecule has 0 radical (unpaired) electrons. The second kappa shape index (κ2) is 6.36. The van der Waals surface area contributed by atoms with Gasteiger partial charge in [0.15, 0.2) is 5.16 Å². The average molecular weight is 372 g/mol. The monoisotopic (exact) mass is 371 g/mol. The summed E-state index contributed by atoms with van der Waals surface area (Å²) in [4.78, 5) is 11.8. The number of thiophene rings is 1. The van der Waals surface area contributed by atoms with E-state index in [0.29, 0.717) is 0 Å². The standard InChI is InChI=1S/C18H21N5S2/c1-11-6-7-12-13(9-11)24-16-15(12)17(20-10-19-16)25-18-22-21-14-5-3-2-4-8-23(14)18/h10-11H,2-9H2,1H3. The maximum Gasteiger partial charge on any atom is 0.197 e. The van der Waals surface area contributed by atoms with Crippen molar-refractivity contribution in [3.8, 4) is 0 Å². The minimum Gasteiger partial charge on any atom is -0.306 e. The van der Waals surface area contributed by atoms with E-state index in [9.17, 15) is 0 Å². The maximum absolute atomic E-state index is 4.63. The van der Waals surface area contributed by atoms with Gasteiger partial charge in [-0.05, 0) is 55.3 Å². The molecule has 1 unspecified atom stereocenters. The Kier molecular flexibility index (Phi) is 4.01. The Morgan fingerprint density at radius 2 is 2.12 bits per heavy atom. The Morgan fingerprint density at radius 3 is 3.08 bits per heavy atom. The molecule has 130 valence electrons. The van der Waals surface area contributed by atoms with E-state index in [1.54, 1.807) is 18.1 Å². The first-order valence-corrected chi connectivity index (χ1v) is 10.8. The van der Waals surface area contributed by atoms with Crippen molar-refractivity contribution >= 4 is 33.3 Å². The van der Waals surface area contributed by atoms with Gasteiger partial charge < -0.3 is 4.57 Å². The van der Waals surface area contributed by atoms with Crippen molar-refractivity contribution in [3.05, 3.63) is 22.6 Å². The molecule has 0 fully saturated rings. The minimum absolute atomic E-state index is 0.775. The molecule has 25 heavy (non-hydrogen) atoms. The van der Waals surface area contributed by atoms with Gasteiger partial charge in [-0.15, -0.1) is 21.5 Å². The van der Waals surface area contributed by atoms with Gasteiger partial charge in [-0.1, -0.05) is 13.3 Å². The van der Waals surface area contributed by atoms with Crippen molar-refractivity contribution in [2.45, 2.75) is 68.6 Å². The molecule has 0 bridgehead atoms. The van der Waals surface area contributed by atoms with E-state index in [1.165, 1.54) is 47.9 Å². The van der Waals surface area contributed by atoms with Gasteiger partial charge in [-0.2, -0.15) is 0 Å². The van der Waals surface area contributed by atoms with Gasteiger partial charge in [0.1, 0.15) is 22.0 Å². The van der Waals surface area contributed by atoms with Crippen molar-refractivity contribution in [2.24, 2.45) is 5.92 Å². The molecule has 5 rings (SSSR count). The highest BCUT2D eigenvalue weighted by Gasteiger charge is 2.24. The van der Waals surface area contributed by atoms with Crippen LogP contribution >= 0.6 is 23.1 Å². The molecule has 0 saturated carbocycles. The maximum atomic E-state index is 4.63. The molecule has 0 aromatic carbocycles. The summed E-state index contributed by atoms with van der Waals surface area (Å²) in [6.45, 7) is 3.37. The summed E-state index contributed by atoms with van der Waals surface area (Å²) in [6, 6.07) is 0. The molecule has 0 saturated heterocycles. The van der Waals surface area contributed by atoms with Crippen LogP contribution in [-0.2, 0) is 25.8 Å². The first-order chi connectivity index (χ1) is 12.3. The number of hydrogen-bond acceptors (Lipinski definition) is 6. The Morgan fingerprint density at radius 1 is 1.16 bits per heavy atom. The first kappa shape index (κ1) is 15.8. The Hall–Kier alpha value is -1.47. The summed E-state index contributed by atoms with van der Waals surface area (Å²) in [7, 11) is 0. The summed E-state index contributed by atoms with van der Waals surface area (Å²) in [5, 5.41) is 12.2. The van der Waals surface area contributed by atoms with Crippen LogP contribution < -0.4 is 0 Å². The topological polar surface area (TPSA) is 56.5 Å². The zero-order chi connectivity index (χ0) is 16.8. The molecule has 4 heterocycles. The number of fused-ring (bicyclic) bond motifs is 4. The van der Waals surface area contributed by atoms with E-state index in [2.05, 4.69) is 31.7 Å². The van der Waals surface area contributed by atoms with Crippen LogP contribution in [0.5, 0.6) is 0 Å². The van der Waals surface area contributed by atoms with Crippen LogP contribution in [0.15, 0.2) is 16.5 Å². The SMILES string of the molecule is CC1CCc2c(sc3ncnc(Sc4nnc5n4CCCCC5)c23)C1. The van der Waals surface area contributed by atoms with Crippen LogP contribution in [0.1, 0.15) is 48.9 Å². The molecular weight excluding hydrogens is 350 g/mol. The predicted molar refractivity (Wildman–Crippen MR) is 100 cm³/mol. The highest BCUT2D eigenvalue weighted by molar-refractivity contribution is 7.99. The number of nitrogens with zero attached hydrogens (tertiary/aromatic N) is 5. The predicted octanol–water partition coefficient (Wildman–Crippen LogP) is 4.29. The van der Waals surface area contributed by atoms with E-state index in [-0.39, 0.29) is 0 Å². The van der Waals surface area contributed by atoms with Crippen LogP contribution in [-0.4, -0.2) is 24.7 Å². The number of aryl methyl sites for hydroxylation is 2. The third-order valence-electron chi connectivity index (χ3n) is 5.32. The van der Waals surface area contributed by atoms with E-state index in [4.69, 9.17) is 0 Å². The largest absolute Gasteiger partial charge is 0.306 e. The molecule has 1 atom stereocenters. The van der Waals surface area contributed by atoms with Gasteiger partial charge in [0.2, 0.25) is 0 Å². The van der Waals surface area contributed by atoms with Crippen LogP contribution in [0.3, 0.4) is 0 Å². The van der Waals surface area contributed by atoms with Gasteiger partial charge in [0.25, 0.3) is 0 Å². The summed E-state index contributed by atoms with van der Waals surface area (Å²) >= 11 is 3.53. The van der Waals surface area contributed by atoms with Crippen molar-refractivity contribution in [3.63, 3.8) is 0 Å².